The van der Waals surface area contributed by atoms with Crippen molar-refractivity contribution in [3.05, 3.63) is 48.4 Å². The third-order valence-corrected chi connectivity index (χ3v) is 2.47. The molecular weight excluding hydrogens is 244 g/mol. The highest BCUT2D eigenvalue weighted by atomic mass is 16.3. The lowest BCUT2D eigenvalue weighted by Crippen LogP contribution is -2.12. The van der Waals surface area contributed by atoms with E-state index in [9.17, 15) is 9.59 Å². The second kappa shape index (κ2) is 5.86. The number of amides is 2. The van der Waals surface area contributed by atoms with E-state index in [-0.39, 0.29) is 17.6 Å². The molecule has 98 valence electrons. The van der Waals surface area contributed by atoms with Crippen LogP contribution in [0.3, 0.4) is 0 Å². The van der Waals surface area contributed by atoms with Crippen molar-refractivity contribution in [1.82, 2.24) is 0 Å². The molecule has 0 aliphatic carbocycles. The first-order valence-electron chi connectivity index (χ1n) is 5.94. The van der Waals surface area contributed by atoms with Crippen molar-refractivity contribution in [2.24, 2.45) is 0 Å². The van der Waals surface area contributed by atoms with Crippen LogP contribution in [0, 0.1) is 0 Å². The van der Waals surface area contributed by atoms with Crippen LogP contribution >= 0.6 is 0 Å². The van der Waals surface area contributed by atoms with Gasteiger partial charge in [0.25, 0.3) is 5.91 Å². The number of nitrogens with one attached hydrogen (secondary N) is 2. The first-order valence-corrected chi connectivity index (χ1v) is 5.94. The van der Waals surface area contributed by atoms with Gasteiger partial charge in [-0.1, -0.05) is 13.0 Å². The van der Waals surface area contributed by atoms with Crippen LogP contribution in [-0.4, -0.2) is 11.8 Å². The number of furan rings is 1. The maximum Gasteiger partial charge on any atom is 0.291 e. The molecule has 1 aromatic carbocycles. The van der Waals surface area contributed by atoms with Gasteiger partial charge in [0, 0.05) is 17.8 Å². The molecule has 0 saturated heterocycles. The van der Waals surface area contributed by atoms with Gasteiger partial charge >= 0.3 is 0 Å². The molecule has 0 unspecified atom stereocenters. The summed E-state index contributed by atoms with van der Waals surface area (Å²) in [5.74, 6) is -0.165. The van der Waals surface area contributed by atoms with E-state index in [1.165, 1.54) is 6.26 Å². The Morgan fingerprint density at radius 2 is 1.84 bits per heavy atom. The van der Waals surface area contributed by atoms with E-state index in [1.54, 1.807) is 43.3 Å². The fourth-order valence-electron chi connectivity index (χ4n) is 1.52. The summed E-state index contributed by atoms with van der Waals surface area (Å²) in [5, 5.41) is 5.42. The monoisotopic (exact) mass is 258 g/mol. The lowest BCUT2D eigenvalue weighted by Gasteiger charge is -2.07. The fourth-order valence-corrected chi connectivity index (χ4v) is 1.52. The predicted octanol–water partition coefficient (Wildman–Crippen LogP) is 2.88. The zero-order valence-electron chi connectivity index (χ0n) is 10.5. The topological polar surface area (TPSA) is 71.3 Å². The zero-order chi connectivity index (χ0) is 13.7. The molecule has 0 saturated carbocycles. The molecule has 0 aliphatic rings. The van der Waals surface area contributed by atoms with E-state index in [0.717, 1.165) is 0 Å². The Balaban J connectivity index is 2.07. The molecule has 0 atom stereocenters. The smallest absolute Gasteiger partial charge is 0.291 e. The Morgan fingerprint density at radius 1 is 1.11 bits per heavy atom. The average Bonchev–Trinajstić information content (AvgIpc) is 2.93. The van der Waals surface area contributed by atoms with E-state index in [4.69, 9.17) is 4.42 Å². The molecule has 5 nitrogen and oxygen atoms in total. The summed E-state index contributed by atoms with van der Waals surface area (Å²) in [6.45, 7) is 1.78. The summed E-state index contributed by atoms with van der Waals surface area (Å²) < 4.78 is 5.00. The highest BCUT2D eigenvalue weighted by Gasteiger charge is 2.09. The van der Waals surface area contributed by atoms with Crippen molar-refractivity contribution < 1.29 is 14.0 Å². The number of rotatable bonds is 4. The Hall–Kier alpha value is -2.56. The minimum atomic E-state index is -0.330. The summed E-state index contributed by atoms with van der Waals surface area (Å²) in [6.07, 6.45) is 1.84. The van der Waals surface area contributed by atoms with Crippen molar-refractivity contribution in [2.75, 3.05) is 10.6 Å². The van der Waals surface area contributed by atoms with Crippen LogP contribution in [-0.2, 0) is 4.79 Å². The van der Waals surface area contributed by atoms with Gasteiger partial charge in [-0.05, 0) is 30.3 Å². The molecule has 0 spiro atoms. The van der Waals surface area contributed by atoms with E-state index in [1.807, 2.05) is 0 Å². The molecule has 0 radical (unpaired) electrons. The second-order valence-corrected chi connectivity index (χ2v) is 3.91. The molecule has 19 heavy (non-hydrogen) atoms. The molecule has 0 aliphatic heterocycles. The minimum Gasteiger partial charge on any atom is -0.459 e. The number of benzene rings is 1. The maximum absolute atomic E-state index is 11.8. The number of hydrogen-bond acceptors (Lipinski definition) is 3. The normalized spacial score (nSPS) is 9.95. The molecule has 1 heterocycles. The third kappa shape index (κ3) is 3.45. The first kappa shape index (κ1) is 12.9. The quantitative estimate of drug-likeness (QED) is 0.885. The van der Waals surface area contributed by atoms with Gasteiger partial charge in [0.05, 0.1) is 6.26 Å². The van der Waals surface area contributed by atoms with Gasteiger partial charge in [-0.3, -0.25) is 9.59 Å². The molecule has 2 amide bonds. The molecule has 2 rings (SSSR count). The minimum absolute atomic E-state index is 0.0745. The molecule has 5 heteroatoms. The first-order chi connectivity index (χ1) is 9.19. The largest absolute Gasteiger partial charge is 0.459 e. The van der Waals surface area contributed by atoms with Gasteiger partial charge in [0.15, 0.2) is 5.76 Å². The number of hydrogen-bond donors (Lipinski definition) is 2. The molecule has 2 N–H and O–H groups in total. The Labute approximate surface area is 110 Å². The highest BCUT2D eigenvalue weighted by molar-refractivity contribution is 6.02. The summed E-state index contributed by atoms with van der Waals surface area (Å²) in [7, 11) is 0. The van der Waals surface area contributed by atoms with E-state index in [2.05, 4.69) is 10.6 Å². The fraction of sp³-hybridized carbons (Fsp3) is 0.143. The van der Waals surface area contributed by atoms with Crippen molar-refractivity contribution in [3.63, 3.8) is 0 Å². The number of carbonyl (C=O) groups is 2. The molecule has 2 aromatic rings. The summed E-state index contributed by atoms with van der Waals surface area (Å²) >= 11 is 0. The van der Waals surface area contributed by atoms with Gasteiger partial charge < -0.3 is 15.1 Å². The standard InChI is InChI=1S/C14H14N2O3/c1-2-13(17)15-10-5-3-6-11(9-10)16-14(18)12-7-4-8-19-12/h3-9H,2H2,1H3,(H,15,17)(H,16,18). The summed E-state index contributed by atoms with van der Waals surface area (Å²) in [5.41, 5.74) is 1.24. The third-order valence-electron chi connectivity index (χ3n) is 2.47. The maximum atomic E-state index is 11.8. The van der Waals surface area contributed by atoms with Crippen molar-refractivity contribution in [3.8, 4) is 0 Å². The molecule has 0 fully saturated rings. The average molecular weight is 258 g/mol. The summed E-state index contributed by atoms with van der Waals surface area (Å²) in [4.78, 5) is 23.1. The number of carbonyl (C=O) groups excluding carboxylic acids is 2. The van der Waals surface area contributed by atoms with E-state index >= 15 is 0 Å². The van der Waals surface area contributed by atoms with Crippen molar-refractivity contribution in [2.45, 2.75) is 13.3 Å². The molecule has 0 bridgehead atoms. The molecule has 1 aromatic heterocycles. The predicted molar refractivity (Wildman–Crippen MR) is 72.0 cm³/mol. The second-order valence-electron chi connectivity index (χ2n) is 3.91. The van der Waals surface area contributed by atoms with Crippen LogP contribution in [0.15, 0.2) is 47.1 Å². The van der Waals surface area contributed by atoms with Crippen LogP contribution in [0.25, 0.3) is 0 Å². The van der Waals surface area contributed by atoms with Crippen LogP contribution in [0.4, 0.5) is 11.4 Å². The lowest BCUT2D eigenvalue weighted by atomic mass is 10.2. The van der Waals surface area contributed by atoms with E-state index in [0.29, 0.717) is 17.8 Å². The number of anilines is 2. The van der Waals surface area contributed by atoms with Crippen LogP contribution in [0.1, 0.15) is 23.9 Å². The van der Waals surface area contributed by atoms with Crippen LogP contribution in [0.5, 0.6) is 0 Å². The van der Waals surface area contributed by atoms with Gasteiger partial charge in [-0.15, -0.1) is 0 Å². The van der Waals surface area contributed by atoms with Gasteiger partial charge in [-0.2, -0.15) is 0 Å². The highest BCUT2D eigenvalue weighted by Crippen LogP contribution is 2.16. The van der Waals surface area contributed by atoms with Crippen molar-refractivity contribution in [1.29, 1.82) is 0 Å². The Morgan fingerprint density at radius 3 is 2.47 bits per heavy atom. The zero-order valence-corrected chi connectivity index (χ0v) is 10.5. The Bertz CT molecular complexity index is 576. The van der Waals surface area contributed by atoms with Gasteiger partial charge in [0.2, 0.25) is 5.91 Å². The Kier molecular flexibility index (Phi) is 3.97. The van der Waals surface area contributed by atoms with Crippen LogP contribution < -0.4 is 10.6 Å². The summed E-state index contributed by atoms with van der Waals surface area (Å²) in [6, 6.07) is 10.2. The lowest BCUT2D eigenvalue weighted by molar-refractivity contribution is -0.115. The van der Waals surface area contributed by atoms with Crippen molar-refractivity contribution >= 4 is 23.2 Å². The van der Waals surface area contributed by atoms with E-state index < -0.39 is 0 Å². The van der Waals surface area contributed by atoms with Crippen LogP contribution in [0.2, 0.25) is 0 Å². The molecular formula is C14H14N2O3. The van der Waals surface area contributed by atoms with Gasteiger partial charge in [-0.25, -0.2) is 0 Å². The van der Waals surface area contributed by atoms with Gasteiger partial charge in [0.1, 0.15) is 0 Å². The SMILES string of the molecule is CCC(=O)Nc1cccc(NC(=O)c2ccco2)c1.